The number of carbonyl (C=O) groups is 3. The molecule has 0 atom stereocenters. The standard InChI is InChI=1S/C68H117O8P/c1-16-18-20-22-24-26-28-30-32-34-36-38-40-42-44-46-48-72-63(70)55-50-57(65(4,5)6)61(58(51-55)66(7,8)9)75-77(74-54(3)69)76-62-59(67(10,11)12)52-56(53-60(62)68(13,14)15)64(71)73-49-47-45-43-41-39-37-35-33-31-29-27-25-23-21-19-17-2/h50-53H,16-49H2,1-15H3. The van der Waals surface area contributed by atoms with Crippen molar-refractivity contribution in [3.8, 4) is 11.5 Å². The highest BCUT2D eigenvalue weighted by Crippen LogP contribution is 2.52. The molecule has 2 rings (SSSR count). The van der Waals surface area contributed by atoms with Crippen molar-refractivity contribution in [2.45, 2.75) is 331 Å². The van der Waals surface area contributed by atoms with Crippen molar-refractivity contribution in [2.24, 2.45) is 0 Å². The lowest BCUT2D eigenvalue weighted by Gasteiger charge is -2.33. The molecule has 0 bridgehead atoms. The van der Waals surface area contributed by atoms with Crippen molar-refractivity contribution in [1.82, 2.24) is 0 Å². The van der Waals surface area contributed by atoms with E-state index in [9.17, 15) is 14.4 Å². The van der Waals surface area contributed by atoms with Gasteiger partial charge in [-0.2, -0.15) is 0 Å². The predicted molar refractivity (Wildman–Crippen MR) is 327 cm³/mol. The maximum absolute atomic E-state index is 13.8. The smallest absolute Gasteiger partial charge is 0.462 e. The molecule has 0 fully saturated rings. The van der Waals surface area contributed by atoms with Gasteiger partial charge in [-0.05, 0) is 58.8 Å². The van der Waals surface area contributed by atoms with E-state index in [1.54, 1.807) is 0 Å². The molecule has 77 heavy (non-hydrogen) atoms. The van der Waals surface area contributed by atoms with Crippen LogP contribution in [-0.2, 0) is 40.5 Å². The van der Waals surface area contributed by atoms with Crippen LogP contribution in [0.15, 0.2) is 24.3 Å². The highest BCUT2D eigenvalue weighted by atomic mass is 31.2. The van der Waals surface area contributed by atoms with E-state index < -0.39 is 36.2 Å². The molecule has 0 saturated carbocycles. The number of esters is 2. The third kappa shape index (κ3) is 29.8. The van der Waals surface area contributed by atoms with Crippen LogP contribution in [0.4, 0.5) is 0 Å². The predicted octanol–water partition coefficient (Wildman–Crippen LogP) is 22.0. The first kappa shape index (κ1) is 70.0. The van der Waals surface area contributed by atoms with Gasteiger partial charge in [0.05, 0.1) is 24.3 Å². The molecule has 442 valence electrons. The van der Waals surface area contributed by atoms with Crippen molar-refractivity contribution in [2.75, 3.05) is 13.2 Å². The van der Waals surface area contributed by atoms with E-state index in [0.717, 1.165) is 60.8 Å². The van der Waals surface area contributed by atoms with Crippen LogP contribution >= 0.6 is 8.60 Å². The van der Waals surface area contributed by atoms with Gasteiger partial charge in [0, 0.05) is 29.2 Å². The monoisotopic (exact) mass is 1090 g/mol. The first-order valence-corrected chi connectivity index (χ1v) is 32.6. The molecule has 0 spiro atoms. The molecule has 0 amide bonds. The van der Waals surface area contributed by atoms with Crippen LogP contribution in [0.3, 0.4) is 0 Å². The minimum absolute atomic E-state index is 0.361. The van der Waals surface area contributed by atoms with E-state index in [4.69, 9.17) is 23.0 Å². The Morgan fingerprint density at radius 2 is 0.558 bits per heavy atom. The van der Waals surface area contributed by atoms with Gasteiger partial charge in [-0.25, -0.2) is 9.59 Å². The number of rotatable bonds is 41. The van der Waals surface area contributed by atoms with E-state index in [0.29, 0.717) is 35.8 Å². The van der Waals surface area contributed by atoms with Gasteiger partial charge < -0.3 is 23.0 Å². The minimum atomic E-state index is -2.39. The van der Waals surface area contributed by atoms with Crippen molar-refractivity contribution in [1.29, 1.82) is 0 Å². The fourth-order valence-electron chi connectivity index (χ4n) is 10.0. The molecule has 8 nitrogen and oxygen atoms in total. The molecule has 9 heteroatoms. The third-order valence-corrected chi connectivity index (χ3v) is 15.9. The first-order valence-electron chi connectivity index (χ1n) is 31.5. The van der Waals surface area contributed by atoms with E-state index in [1.807, 2.05) is 24.3 Å². The zero-order valence-electron chi connectivity index (χ0n) is 52.6. The summed E-state index contributed by atoms with van der Waals surface area (Å²) in [5.41, 5.74) is 2.07. The largest absolute Gasteiger partial charge is 0.532 e. The molecule has 2 aromatic carbocycles. The lowest BCUT2D eigenvalue weighted by Crippen LogP contribution is -2.23. The summed E-state index contributed by atoms with van der Waals surface area (Å²) in [4.78, 5) is 40.6. The van der Waals surface area contributed by atoms with Crippen LogP contribution in [0.5, 0.6) is 11.5 Å². The quantitative estimate of drug-likeness (QED) is 0.0369. The van der Waals surface area contributed by atoms with Crippen LogP contribution < -0.4 is 9.05 Å². The Labute approximate surface area is 475 Å². The Morgan fingerprint density at radius 3 is 0.753 bits per heavy atom. The Bertz CT molecular complexity index is 1740. The van der Waals surface area contributed by atoms with E-state index >= 15 is 0 Å². The van der Waals surface area contributed by atoms with Gasteiger partial charge in [-0.3, -0.25) is 4.79 Å². The van der Waals surface area contributed by atoms with E-state index in [-0.39, 0.29) is 11.9 Å². The van der Waals surface area contributed by atoms with E-state index in [1.165, 1.54) is 174 Å². The van der Waals surface area contributed by atoms with Crippen LogP contribution in [0, 0.1) is 0 Å². The maximum atomic E-state index is 13.8. The van der Waals surface area contributed by atoms with Gasteiger partial charge in [0.2, 0.25) is 0 Å². The molecule has 0 aromatic heterocycles. The lowest BCUT2D eigenvalue weighted by molar-refractivity contribution is -0.132. The summed E-state index contributed by atoms with van der Waals surface area (Å²) in [5.74, 6) is -0.254. The molecule has 0 saturated heterocycles. The molecule has 0 aliphatic rings. The van der Waals surface area contributed by atoms with Gasteiger partial charge in [0.15, 0.2) is 0 Å². The summed E-state index contributed by atoms with van der Waals surface area (Å²) >= 11 is 0. The SMILES string of the molecule is CCCCCCCCCCCCCCCCCCOC(=O)c1cc(C(C)(C)C)c(OP(OC(C)=O)Oc2c(C(C)(C)C)cc(C(=O)OCCCCCCCCCCCCCCCCCC)cc2C(C)(C)C)c(C(C)(C)C)c1. The fraction of sp³-hybridized carbons (Fsp3) is 0.779. The maximum Gasteiger partial charge on any atom is 0.532 e. The Hall–Kier alpha value is -3.12. The molecule has 0 aliphatic carbocycles. The molecule has 0 radical (unpaired) electrons. The number of hydrogen-bond acceptors (Lipinski definition) is 8. The minimum Gasteiger partial charge on any atom is -0.462 e. The van der Waals surface area contributed by atoms with Crippen molar-refractivity contribution in [3.63, 3.8) is 0 Å². The molecule has 2 aromatic rings. The second kappa shape index (κ2) is 37.7. The number of unbranched alkanes of at least 4 members (excludes halogenated alkanes) is 30. The summed E-state index contributed by atoms with van der Waals surface area (Å²) in [7, 11) is -2.39. The normalized spacial score (nSPS) is 12.3. The highest BCUT2D eigenvalue weighted by molar-refractivity contribution is 7.43. The number of ether oxygens (including phenoxy) is 2. The number of benzene rings is 2. The molecule has 0 N–H and O–H groups in total. The zero-order chi connectivity index (χ0) is 57.3. The third-order valence-electron chi connectivity index (χ3n) is 14.9. The summed E-state index contributed by atoms with van der Waals surface area (Å²) in [6.07, 6.45) is 41.2. The van der Waals surface area contributed by atoms with Gasteiger partial charge >= 0.3 is 26.5 Å². The first-order chi connectivity index (χ1) is 36.4. The van der Waals surface area contributed by atoms with Crippen LogP contribution in [-0.4, -0.2) is 31.1 Å². The topological polar surface area (TPSA) is 97.4 Å². The van der Waals surface area contributed by atoms with Gasteiger partial charge in [0.1, 0.15) is 11.5 Å². The zero-order valence-corrected chi connectivity index (χ0v) is 53.5. The fourth-order valence-corrected chi connectivity index (χ4v) is 11.0. The van der Waals surface area contributed by atoms with E-state index in [2.05, 4.69) is 96.9 Å². The van der Waals surface area contributed by atoms with Gasteiger partial charge in [-0.1, -0.05) is 290 Å². The average Bonchev–Trinajstić information content (AvgIpc) is 3.34. The average molecular weight is 1090 g/mol. The highest BCUT2D eigenvalue weighted by Gasteiger charge is 2.37. The Morgan fingerprint density at radius 1 is 0.351 bits per heavy atom. The Balaban J connectivity index is 2.15. The summed E-state index contributed by atoms with van der Waals surface area (Å²) < 4.78 is 31.6. The second-order valence-corrected chi connectivity index (χ2v) is 27.7. The summed E-state index contributed by atoms with van der Waals surface area (Å²) in [6.45, 7) is 31.6. The lowest BCUT2D eigenvalue weighted by atomic mass is 9.78. The molecule has 0 heterocycles. The van der Waals surface area contributed by atoms with Crippen LogP contribution in [0.1, 0.15) is 352 Å². The molecular formula is C68H117O8P. The van der Waals surface area contributed by atoms with Crippen molar-refractivity contribution in [3.05, 3.63) is 57.6 Å². The van der Waals surface area contributed by atoms with Crippen molar-refractivity contribution < 1.29 is 37.4 Å². The molecule has 0 unspecified atom stereocenters. The molecular weight excluding hydrogens is 976 g/mol. The molecule has 0 aliphatic heterocycles. The van der Waals surface area contributed by atoms with Crippen LogP contribution in [0.2, 0.25) is 0 Å². The second-order valence-electron chi connectivity index (χ2n) is 26.7. The van der Waals surface area contributed by atoms with Gasteiger partial charge in [0.25, 0.3) is 0 Å². The number of carbonyl (C=O) groups excluding carboxylic acids is 3. The van der Waals surface area contributed by atoms with Crippen molar-refractivity contribution >= 4 is 26.5 Å². The van der Waals surface area contributed by atoms with Gasteiger partial charge in [-0.15, -0.1) is 0 Å². The Kier molecular flexibility index (Phi) is 34.3. The number of hydrogen-bond donors (Lipinski definition) is 0. The summed E-state index contributed by atoms with van der Waals surface area (Å²) in [6, 6.07) is 7.46. The van der Waals surface area contributed by atoms with Crippen LogP contribution in [0.25, 0.3) is 0 Å². The summed E-state index contributed by atoms with van der Waals surface area (Å²) in [5, 5.41) is 0.